The zero-order valence-corrected chi connectivity index (χ0v) is 10.5. The van der Waals surface area contributed by atoms with Crippen molar-refractivity contribution in [2.24, 2.45) is 4.99 Å². The third kappa shape index (κ3) is 2.65. The molecule has 0 radical (unpaired) electrons. The Balaban J connectivity index is 2.26. The van der Waals surface area contributed by atoms with E-state index in [0.29, 0.717) is 14.8 Å². The number of amides is 1. The van der Waals surface area contributed by atoms with Gasteiger partial charge in [0.25, 0.3) is 5.91 Å². The third-order valence-electron chi connectivity index (χ3n) is 2.07. The van der Waals surface area contributed by atoms with Gasteiger partial charge in [-0.05, 0) is 30.0 Å². The highest BCUT2D eigenvalue weighted by Gasteiger charge is 2.20. The lowest BCUT2D eigenvalue weighted by atomic mass is 10.2. The topological polar surface area (TPSA) is 69.9 Å². The van der Waals surface area contributed by atoms with Gasteiger partial charge in [0.15, 0.2) is 11.5 Å². The number of phenols is 2. The summed E-state index contributed by atoms with van der Waals surface area (Å²) >= 11 is 2.72. The van der Waals surface area contributed by atoms with E-state index in [1.54, 1.807) is 12.1 Å². The molecular weight excluding hydrogens is 258 g/mol. The Bertz CT molecular complexity index is 538. The molecule has 1 heterocycles. The Kier molecular flexibility index (Phi) is 3.44. The largest absolute Gasteiger partial charge is 0.504 e. The summed E-state index contributed by atoms with van der Waals surface area (Å²) in [6.07, 6.45) is 3.49. The lowest BCUT2D eigenvalue weighted by molar-refractivity contribution is -0.113. The van der Waals surface area contributed by atoms with Crippen molar-refractivity contribution in [1.29, 1.82) is 0 Å². The molecule has 0 atom stereocenters. The first-order chi connectivity index (χ1) is 8.10. The summed E-state index contributed by atoms with van der Waals surface area (Å²) in [6.45, 7) is 0. The number of hydrogen-bond donors (Lipinski definition) is 2. The van der Waals surface area contributed by atoms with Gasteiger partial charge in [-0.2, -0.15) is 4.99 Å². The first-order valence-electron chi connectivity index (χ1n) is 4.68. The third-order valence-corrected chi connectivity index (χ3v) is 4.04. The molecular formula is C11H9NO3S2. The van der Waals surface area contributed by atoms with Gasteiger partial charge in [0.2, 0.25) is 0 Å². The van der Waals surface area contributed by atoms with Crippen molar-refractivity contribution in [2.75, 3.05) is 6.26 Å². The average molecular weight is 267 g/mol. The molecule has 0 unspecified atom stereocenters. The van der Waals surface area contributed by atoms with Crippen LogP contribution in [0.1, 0.15) is 5.56 Å². The number of thioether (sulfide) groups is 2. The van der Waals surface area contributed by atoms with Gasteiger partial charge in [-0.15, -0.1) is 11.8 Å². The molecule has 0 fully saturated rings. The van der Waals surface area contributed by atoms with Gasteiger partial charge >= 0.3 is 0 Å². The Morgan fingerprint density at radius 1 is 1.35 bits per heavy atom. The van der Waals surface area contributed by atoms with Crippen molar-refractivity contribution >= 4 is 39.9 Å². The van der Waals surface area contributed by atoms with Crippen LogP contribution in [0.3, 0.4) is 0 Å². The SMILES string of the molecule is CSC1=NC(=O)/C(=C/c2ccc(O)c(O)c2)S1. The average Bonchev–Trinajstić information content (AvgIpc) is 2.65. The highest BCUT2D eigenvalue weighted by molar-refractivity contribution is 8.40. The Hall–Kier alpha value is -1.40. The van der Waals surface area contributed by atoms with Gasteiger partial charge < -0.3 is 10.2 Å². The molecule has 2 N–H and O–H groups in total. The second-order valence-electron chi connectivity index (χ2n) is 3.25. The van der Waals surface area contributed by atoms with Crippen LogP contribution in [-0.2, 0) is 4.79 Å². The molecule has 88 valence electrons. The van der Waals surface area contributed by atoms with Crippen molar-refractivity contribution in [3.05, 3.63) is 28.7 Å². The van der Waals surface area contributed by atoms with Crippen LogP contribution in [0, 0.1) is 0 Å². The van der Waals surface area contributed by atoms with Crippen LogP contribution < -0.4 is 0 Å². The van der Waals surface area contributed by atoms with E-state index < -0.39 is 0 Å². The molecule has 1 aliphatic heterocycles. The van der Waals surface area contributed by atoms with E-state index in [1.165, 1.54) is 35.7 Å². The van der Waals surface area contributed by atoms with Crippen molar-refractivity contribution in [3.63, 3.8) is 0 Å². The van der Waals surface area contributed by atoms with E-state index in [9.17, 15) is 9.90 Å². The van der Waals surface area contributed by atoms with Gasteiger partial charge in [0.05, 0.1) is 4.91 Å². The second-order valence-corrected chi connectivity index (χ2v) is 5.33. The van der Waals surface area contributed by atoms with Crippen molar-refractivity contribution in [2.45, 2.75) is 0 Å². The van der Waals surface area contributed by atoms with Crippen LogP contribution in [0.2, 0.25) is 0 Å². The van der Waals surface area contributed by atoms with Crippen LogP contribution in [0.5, 0.6) is 11.5 Å². The maximum Gasteiger partial charge on any atom is 0.285 e. The second kappa shape index (κ2) is 4.85. The molecule has 2 rings (SSSR count). The van der Waals surface area contributed by atoms with Crippen LogP contribution in [0.25, 0.3) is 6.08 Å². The molecule has 1 amide bonds. The van der Waals surface area contributed by atoms with Crippen LogP contribution >= 0.6 is 23.5 Å². The zero-order chi connectivity index (χ0) is 12.4. The number of aliphatic imine (C=N–C) groups is 1. The minimum atomic E-state index is -0.271. The number of benzene rings is 1. The van der Waals surface area contributed by atoms with Crippen molar-refractivity contribution in [3.8, 4) is 11.5 Å². The van der Waals surface area contributed by atoms with E-state index in [-0.39, 0.29) is 17.4 Å². The fraction of sp³-hybridized carbons (Fsp3) is 0.0909. The summed E-state index contributed by atoms with van der Waals surface area (Å²) in [7, 11) is 0. The van der Waals surface area contributed by atoms with E-state index in [4.69, 9.17) is 5.11 Å². The van der Waals surface area contributed by atoms with Crippen molar-refractivity contribution < 1.29 is 15.0 Å². The normalized spacial score (nSPS) is 17.6. The fourth-order valence-electron chi connectivity index (χ4n) is 1.26. The summed E-state index contributed by atoms with van der Waals surface area (Å²) in [6, 6.07) is 4.39. The zero-order valence-electron chi connectivity index (χ0n) is 8.88. The smallest absolute Gasteiger partial charge is 0.285 e. The molecule has 0 aromatic heterocycles. The standard InChI is InChI=1S/C11H9NO3S2/c1-16-11-12-10(15)9(17-11)5-6-2-3-7(13)8(14)4-6/h2-5,13-14H,1H3/b9-5-. The highest BCUT2D eigenvalue weighted by atomic mass is 32.2. The quantitative estimate of drug-likeness (QED) is 0.604. The monoisotopic (exact) mass is 267 g/mol. The minimum Gasteiger partial charge on any atom is -0.504 e. The summed E-state index contributed by atoms with van der Waals surface area (Å²) in [4.78, 5) is 15.9. The van der Waals surface area contributed by atoms with Gasteiger partial charge in [0, 0.05) is 0 Å². The number of carbonyl (C=O) groups is 1. The molecule has 4 nitrogen and oxygen atoms in total. The van der Waals surface area contributed by atoms with Gasteiger partial charge in [-0.3, -0.25) is 4.79 Å². The first kappa shape index (κ1) is 12.1. The molecule has 0 bridgehead atoms. The Morgan fingerprint density at radius 3 is 2.71 bits per heavy atom. The number of aromatic hydroxyl groups is 2. The number of carbonyl (C=O) groups excluding carboxylic acids is 1. The van der Waals surface area contributed by atoms with E-state index >= 15 is 0 Å². The number of rotatable bonds is 1. The molecule has 1 aromatic carbocycles. The molecule has 0 aliphatic carbocycles. The summed E-state index contributed by atoms with van der Waals surface area (Å²) < 4.78 is 0.712. The maximum atomic E-state index is 11.5. The number of hydrogen-bond acceptors (Lipinski definition) is 5. The molecule has 6 heteroatoms. The van der Waals surface area contributed by atoms with E-state index in [2.05, 4.69) is 4.99 Å². The predicted octanol–water partition coefficient (Wildman–Crippen LogP) is 2.43. The number of phenolic OH excluding ortho intramolecular Hbond substituents is 2. The molecule has 17 heavy (non-hydrogen) atoms. The Labute approximate surface area is 106 Å². The molecule has 1 aliphatic rings. The Morgan fingerprint density at radius 2 is 2.12 bits per heavy atom. The first-order valence-corrected chi connectivity index (χ1v) is 6.73. The molecule has 0 spiro atoms. The van der Waals surface area contributed by atoms with Crippen molar-refractivity contribution in [1.82, 2.24) is 0 Å². The lowest BCUT2D eigenvalue weighted by Crippen LogP contribution is -1.87. The van der Waals surface area contributed by atoms with E-state index in [0.717, 1.165) is 0 Å². The summed E-state index contributed by atoms with van der Waals surface area (Å²) in [5.41, 5.74) is 0.647. The van der Waals surface area contributed by atoms with Gasteiger partial charge in [-0.25, -0.2) is 0 Å². The summed E-state index contributed by atoms with van der Waals surface area (Å²) in [5, 5.41) is 18.5. The van der Waals surface area contributed by atoms with Gasteiger partial charge in [0.1, 0.15) is 4.38 Å². The van der Waals surface area contributed by atoms with E-state index in [1.807, 2.05) is 6.26 Å². The highest BCUT2D eigenvalue weighted by Crippen LogP contribution is 2.33. The lowest BCUT2D eigenvalue weighted by Gasteiger charge is -1.99. The fourth-order valence-corrected chi connectivity index (χ4v) is 2.68. The van der Waals surface area contributed by atoms with Crippen LogP contribution in [-0.4, -0.2) is 26.8 Å². The predicted molar refractivity (Wildman–Crippen MR) is 71.3 cm³/mol. The van der Waals surface area contributed by atoms with Crippen LogP contribution in [0.4, 0.5) is 0 Å². The maximum absolute atomic E-state index is 11.5. The van der Waals surface area contributed by atoms with Crippen LogP contribution in [0.15, 0.2) is 28.1 Å². The molecule has 0 saturated heterocycles. The summed E-state index contributed by atoms with van der Waals surface area (Å²) in [5.74, 6) is -0.661. The minimum absolute atomic E-state index is 0.182. The number of nitrogens with zero attached hydrogens (tertiary/aromatic N) is 1. The molecule has 0 saturated carbocycles. The molecule has 1 aromatic rings. The van der Waals surface area contributed by atoms with Gasteiger partial charge in [-0.1, -0.05) is 17.8 Å².